The molecule has 0 saturated heterocycles. The number of amides is 1. The molecule has 3 rings (SSSR count). The van der Waals surface area contributed by atoms with Crippen molar-refractivity contribution in [3.05, 3.63) is 59.7 Å². The third-order valence-corrected chi connectivity index (χ3v) is 4.89. The number of hydrogen-bond donors (Lipinski definition) is 1. The van der Waals surface area contributed by atoms with Gasteiger partial charge in [0, 0.05) is 30.4 Å². The lowest BCUT2D eigenvalue weighted by Crippen LogP contribution is -2.36. The zero-order valence-electron chi connectivity index (χ0n) is 15.7. The largest absolute Gasteiger partial charge is 0.385 e. The minimum atomic E-state index is 0.160. The first kappa shape index (κ1) is 17.5. The molecule has 132 valence electrons. The van der Waals surface area contributed by atoms with Gasteiger partial charge in [0.2, 0.25) is 5.91 Å². The van der Waals surface area contributed by atoms with Crippen LogP contribution >= 0.6 is 0 Å². The van der Waals surface area contributed by atoms with E-state index >= 15 is 0 Å². The van der Waals surface area contributed by atoms with Gasteiger partial charge in [-0.1, -0.05) is 51.1 Å². The van der Waals surface area contributed by atoms with Crippen LogP contribution in [0.5, 0.6) is 0 Å². The van der Waals surface area contributed by atoms with Crippen LogP contribution in [0.25, 0.3) is 0 Å². The fraction of sp³-hybridized carbons (Fsp3) is 0.409. The normalized spacial score (nSPS) is 16.6. The van der Waals surface area contributed by atoms with Crippen LogP contribution in [-0.2, 0) is 16.6 Å². The standard InChI is InChI=1S/C22H28N2O/c1-16-15-17-7-5-6-8-20(17)24(16)21(25)13-14-23-19-11-9-18(10-12-19)22(2,3)4/h5-12,16,23H,13-15H2,1-4H3. The number of benzene rings is 2. The monoisotopic (exact) mass is 336 g/mol. The van der Waals surface area contributed by atoms with Crippen LogP contribution < -0.4 is 10.2 Å². The van der Waals surface area contributed by atoms with Crippen LogP contribution in [0, 0.1) is 0 Å². The summed E-state index contributed by atoms with van der Waals surface area (Å²) in [6, 6.07) is 17.0. The Morgan fingerprint density at radius 1 is 1.12 bits per heavy atom. The number of hydrogen-bond acceptors (Lipinski definition) is 2. The highest BCUT2D eigenvalue weighted by Crippen LogP contribution is 2.32. The van der Waals surface area contributed by atoms with Crippen molar-refractivity contribution in [2.75, 3.05) is 16.8 Å². The van der Waals surface area contributed by atoms with Crippen molar-refractivity contribution in [2.24, 2.45) is 0 Å². The summed E-state index contributed by atoms with van der Waals surface area (Å²) in [5.41, 5.74) is 4.89. The fourth-order valence-electron chi connectivity index (χ4n) is 3.47. The number of carbonyl (C=O) groups excluding carboxylic acids is 1. The molecular weight excluding hydrogens is 308 g/mol. The van der Waals surface area contributed by atoms with Crippen molar-refractivity contribution in [3.8, 4) is 0 Å². The first-order chi connectivity index (χ1) is 11.9. The van der Waals surface area contributed by atoms with E-state index in [9.17, 15) is 4.79 Å². The molecule has 25 heavy (non-hydrogen) atoms. The van der Waals surface area contributed by atoms with Crippen molar-refractivity contribution < 1.29 is 4.79 Å². The van der Waals surface area contributed by atoms with E-state index in [1.807, 2.05) is 17.0 Å². The Balaban J connectivity index is 1.57. The van der Waals surface area contributed by atoms with E-state index in [0.717, 1.165) is 17.8 Å². The highest BCUT2D eigenvalue weighted by Gasteiger charge is 2.29. The molecule has 1 unspecified atom stereocenters. The van der Waals surface area contributed by atoms with E-state index in [1.54, 1.807) is 0 Å². The van der Waals surface area contributed by atoms with E-state index in [1.165, 1.54) is 11.1 Å². The molecule has 1 N–H and O–H groups in total. The molecule has 3 heteroatoms. The van der Waals surface area contributed by atoms with Gasteiger partial charge in [0.25, 0.3) is 0 Å². The van der Waals surface area contributed by atoms with Gasteiger partial charge >= 0.3 is 0 Å². The number of para-hydroxylation sites is 1. The summed E-state index contributed by atoms with van der Waals surface area (Å²) in [6.07, 6.45) is 1.45. The van der Waals surface area contributed by atoms with Crippen molar-refractivity contribution in [2.45, 2.75) is 52.0 Å². The van der Waals surface area contributed by atoms with Gasteiger partial charge in [-0.05, 0) is 48.1 Å². The molecule has 1 atom stereocenters. The first-order valence-corrected chi connectivity index (χ1v) is 9.10. The second kappa shape index (κ2) is 6.91. The Morgan fingerprint density at radius 3 is 2.48 bits per heavy atom. The van der Waals surface area contributed by atoms with E-state index in [4.69, 9.17) is 0 Å². The van der Waals surface area contributed by atoms with Crippen LogP contribution in [-0.4, -0.2) is 18.5 Å². The number of rotatable bonds is 4. The average Bonchev–Trinajstić information content (AvgIpc) is 2.90. The molecule has 0 radical (unpaired) electrons. The maximum atomic E-state index is 12.7. The predicted molar refractivity (Wildman–Crippen MR) is 105 cm³/mol. The molecule has 0 bridgehead atoms. The van der Waals surface area contributed by atoms with E-state index in [0.29, 0.717) is 13.0 Å². The molecule has 0 saturated carbocycles. The molecule has 2 aromatic carbocycles. The van der Waals surface area contributed by atoms with Gasteiger partial charge in [-0.3, -0.25) is 4.79 Å². The molecule has 0 fully saturated rings. The maximum Gasteiger partial charge on any atom is 0.229 e. The predicted octanol–water partition coefficient (Wildman–Crippen LogP) is 4.76. The van der Waals surface area contributed by atoms with Gasteiger partial charge in [-0.2, -0.15) is 0 Å². The average molecular weight is 336 g/mol. The van der Waals surface area contributed by atoms with Gasteiger partial charge in [0.1, 0.15) is 0 Å². The number of nitrogens with zero attached hydrogens (tertiary/aromatic N) is 1. The van der Waals surface area contributed by atoms with Gasteiger partial charge < -0.3 is 10.2 Å². The second-order valence-electron chi connectivity index (χ2n) is 7.95. The minimum Gasteiger partial charge on any atom is -0.385 e. The van der Waals surface area contributed by atoms with Crippen LogP contribution in [0.3, 0.4) is 0 Å². The minimum absolute atomic E-state index is 0.160. The summed E-state index contributed by atoms with van der Waals surface area (Å²) in [7, 11) is 0. The molecule has 0 aromatic heterocycles. The smallest absolute Gasteiger partial charge is 0.229 e. The highest BCUT2D eigenvalue weighted by atomic mass is 16.2. The Labute approximate surface area is 151 Å². The van der Waals surface area contributed by atoms with Crippen LogP contribution in [0.15, 0.2) is 48.5 Å². The number of carbonyl (C=O) groups is 1. The lowest BCUT2D eigenvalue weighted by molar-refractivity contribution is -0.118. The van der Waals surface area contributed by atoms with E-state index < -0.39 is 0 Å². The van der Waals surface area contributed by atoms with Gasteiger partial charge in [0.15, 0.2) is 0 Å². The summed E-state index contributed by atoms with van der Waals surface area (Å²) in [5, 5.41) is 3.37. The van der Waals surface area contributed by atoms with Crippen LogP contribution in [0.4, 0.5) is 11.4 Å². The zero-order valence-corrected chi connectivity index (χ0v) is 15.7. The number of anilines is 2. The second-order valence-corrected chi connectivity index (χ2v) is 7.95. The summed E-state index contributed by atoms with van der Waals surface area (Å²) in [5.74, 6) is 0.191. The van der Waals surface area contributed by atoms with Crippen molar-refractivity contribution in [3.63, 3.8) is 0 Å². The third kappa shape index (κ3) is 3.87. The molecule has 1 aliphatic rings. The van der Waals surface area contributed by atoms with Gasteiger partial charge in [0.05, 0.1) is 0 Å². The lowest BCUT2D eigenvalue weighted by Gasteiger charge is -2.23. The lowest BCUT2D eigenvalue weighted by atomic mass is 9.87. The topological polar surface area (TPSA) is 32.3 Å². The molecule has 0 aliphatic carbocycles. The molecular formula is C22H28N2O. The molecule has 3 nitrogen and oxygen atoms in total. The Hall–Kier alpha value is -2.29. The van der Waals surface area contributed by atoms with E-state index in [2.05, 4.69) is 69.4 Å². The summed E-state index contributed by atoms with van der Waals surface area (Å²) < 4.78 is 0. The van der Waals surface area contributed by atoms with Crippen molar-refractivity contribution in [1.82, 2.24) is 0 Å². The Kier molecular flexibility index (Phi) is 4.85. The zero-order chi connectivity index (χ0) is 18.0. The molecule has 0 spiro atoms. The molecule has 2 aromatic rings. The quantitative estimate of drug-likeness (QED) is 0.873. The Bertz CT molecular complexity index is 743. The van der Waals surface area contributed by atoms with Crippen LogP contribution in [0.2, 0.25) is 0 Å². The maximum absolute atomic E-state index is 12.7. The number of fused-ring (bicyclic) bond motifs is 1. The third-order valence-electron chi connectivity index (χ3n) is 4.89. The SMILES string of the molecule is CC1Cc2ccccc2N1C(=O)CCNc1ccc(C(C)(C)C)cc1. The molecule has 1 heterocycles. The summed E-state index contributed by atoms with van der Waals surface area (Å²) in [6.45, 7) is 9.41. The Morgan fingerprint density at radius 2 is 1.80 bits per heavy atom. The van der Waals surface area contributed by atoms with E-state index in [-0.39, 0.29) is 17.4 Å². The first-order valence-electron chi connectivity index (χ1n) is 9.10. The molecule has 1 amide bonds. The van der Waals surface area contributed by atoms with Crippen molar-refractivity contribution >= 4 is 17.3 Å². The van der Waals surface area contributed by atoms with Crippen LogP contribution in [0.1, 0.15) is 45.2 Å². The van der Waals surface area contributed by atoms with Crippen molar-refractivity contribution in [1.29, 1.82) is 0 Å². The summed E-state index contributed by atoms with van der Waals surface area (Å²) >= 11 is 0. The highest BCUT2D eigenvalue weighted by molar-refractivity contribution is 5.96. The van der Waals surface area contributed by atoms with Gasteiger partial charge in [-0.25, -0.2) is 0 Å². The molecule has 1 aliphatic heterocycles. The van der Waals surface area contributed by atoms with Gasteiger partial charge in [-0.15, -0.1) is 0 Å². The fourth-order valence-corrected chi connectivity index (χ4v) is 3.47. The summed E-state index contributed by atoms with van der Waals surface area (Å²) in [4.78, 5) is 14.6. The number of nitrogens with one attached hydrogen (secondary N) is 1.